The number of Topliss-reactive ketones (excluding diaryl/α,β-unsaturated/α-hetero) is 1. The van der Waals surface area contributed by atoms with E-state index in [0.29, 0.717) is 31.0 Å². The van der Waals surface area contributed by atoms with Crippen LogP contribution >= 0.6 is 0 Å². The first-order chi connectivity index (χ1) is 21.0. The molecule has 2 aromatic rings. The first kappa shape index (κ1) is 31.5. The Kier molecular flexibility index (Phi) is 9.28. The van der Waals surface area contributed by atoms with Gasteiger partial charge < -0.3 is 34.7 Å². The molecule has 3 N–H and O–H groups in total. The van der Waals surface area contributed by atoms with E-state index >= 15 is 0 Å². The number of hydrogen-bond donors (Lipinski definition) is 3. The molecule has 2 saturated heterocycles. The zero-order chi connectivity index (χ0) is 31.6. The van der Waals surface area contributed by atoms with Crippen molar-refractivity contribution in [2.24, 2.45) is 23.2 Å². The fourth-order valence-corrected chi connectivity index (χ4v) is 6.66. The van der Waals surface area contributed by atoms with Gasteiger partial charge in [-0.1, -0.05) is 12.5 Å². The molecule has 3 fully saturated rings. The molecule has 3 amide bonds. The number of methoxy groups -OCH3 is 1. The van der Waals surface area contributed by atoms with E-state index in [1.54, 1.807) is 38.8 Å². The molecule has 44 heavy (non-hydrogen) atoms. The third kappa shape index (κ3) is 6.59. The number of carbonyl (C=O) groups is 5. The van der Waals surface area contributed by atoms with E-state index in [-0.39, 0.29) is 30.1 Å². The van der Waals surface area contributed by atoms with Gasteiger partial charge in [-0.25, -0.2) is 0 Å². The van der Waals surface area contributed by atoms with Gasteiger partial charge in [0.15, 0.2) is 12.6 Å². The number of benzene rings is 1. The second-order valence-electron chi connectivity index (χ2n) is 13.0. The summed E-state index contributed by atoms with van der Waals surface area (Å²) in [6.07, 6.45) is 3.35. The number of hydrogen-bond acceptors (Lipinski definition) is 8. The molecule has 3 aliphatic rings. The van der Waals surface area contributed by atoms with Gasteiger partial charge >= 0.3 is 5.97 Å². The summed E-state index contributed by atoms with van der Waals surface area (Å²) in [6, 6.07) is 5.49. The van der Waals surface area contributed by atoms with Gasteiger partial charge in [0.05, 0.1) is 18.6 Å². The average molecular weight is 611 g/mol. The van der Waals surface area contributed by atoms with Crippen molar-refractivity contribution in [3.05, 3.63) is 30.0 Å². The van der Waals surface area contributed by atoms with Crippen molar-refractivity contribution in [1.82, 2.24) is 20.5 Å². The number of H-pyrrole nitrogens is 1. The summed E-state index contributed by atoms with van der Waals surface area (Å²) in [5.41, 5.74) is 0.388. The van der Waals surface area contributed by atoms with Gasteiger partial charge in [-0.3, -0.25) is 24.0 Å². The molecule has 12 heteroatoms. The predicted molar refractivity (Wildman–Crippen MR) is 160 cm³/mol. The van der Waals surface area contributed by atoms with Crippen molar-refractivity contribution in [2.45, 2.75) is 65.0 Å². The molecule has 3 heterocycles. The third-order valence-corrected chi connectivity index (χ3v) is 9.01. The summed E-state index contributed by atoms with van der Waals surface area (Å²) in [4.78, 5) is 70.5. The minimum Gasteiger partial charge on any atom is -0.496 e. The van der Waals surface area contributed by atoms with E-state index in [2.05, 4.69) is 15.6 Å². The van der Waals surface area contributed by atoms with Crippen LogP contribution in [0.4, 0.5) is 0 Å². The molecule has 238 valence electrons. The lowest BCUT2D eigenvalue weighted by atomic mass is 9.92. The molecular weight excluding hydrogens is 568 g/mol. The van der Waals surface area contributed by atoms with Gasteiger partial charge in [-0.15, -0.1) is 0 Å². The van der Waals surface area contributed by atoms with Gasteiger partial charge in [0.1, 0.15) is 24.1 Å². The summed E-state index contributed by atoms with van der Waals surface area (Å²) in [6.45, 7) is 5.25. The zero-order valence-electron chi connectivity index (χ0n) is 25.8. The standard InChI is InChI=1S/C32H42N4O8/c1-32(2,3)31(41)44-17-43-16-25(37)23(13-18-11-12-33-28(18)38)35-29(39)27-20-8-5-7-19(20)15-36(27)30(40)24-14-21-22(34-24)9-6-10-26(21)42-4/h6,9-10,14,18-20,23,27,34H,5,7-8,11-13,15-17H2,1-4H3,(H,33,38)(H,35,39). The first-order valence-electron chi connectivity index (χ1n) is 15.3. The number of ether oxygens (including phenoxy) is 3. The van der Waals surface area contributed by atoms with Crippen LogP contribution in [0.15, 0.2) is 24.3 Å². The minimum absolute atomic E-state index is 0.0311. The Morgan fingerprint density at radius 3 is 2.64 bits per heavy atom. The summed E-state index contributed by atoms with van der Waals surface area (Å²) in [7, 11) is 1.57. The number of nitrogens with zero attached hydrogens (tertiary/aromatic N) is 1. The second-order valence-corrected chi connectivity index (χ2v) is 13.0. The highest BCUT2D eigenvalue weighted by atomic mass is 16.7. The summed E-state index contributed by atoms with van der Waals surface area (Å²) in [5.74, 6) is -1.44. The lowest BCUT2D eigenvalue weighted by Gasteiger charge is -2.29. The van der Waals surface area contributed by atoms with Crippen molar-refractivity contribution in [2.75, 3.05) is 33.6 Å². The Labute approximate surface area is 256 Å². The van der Waals surface area contributed by atoms with Crippen LogP contribution in [0.3, 0.4) is 0 Å². The largest absolute Gasteiger partial charge is 0.496 e. The normalized spacial score (nSPS) is 23.7. The Balaban J connectivity index is 1.32. The van der Waals surface area contributed by atoms with Crippen molar-refractivity contribution < 1.29 is 38.2 Å². The van der Waals surface area contributed by atoms with E-state index in [9.17, 15) is 24.0 Å². The maximum atomic E-state index is 14.0. The van der Waals surface area contributed by atoms with Gasteiger partial charge in [0, 0.05) is 29.9 Å². The van der Waals surface area contributed by atoms with Crippen molar-refractivity contribution in [3.63, 3.8) is 0 Å². The highest BCUT2D eigenvalue weighted by Crippen LogP contribution is 2.43. The number of carbonyl (C=O) groups excluding carboxylic acids is 5. The molecule has 1 aromatic carbocycles. The molecule has 5 unspecified atom stereocenters. The Morgan fingerprint density at radius 2 is 1.93 bits per heavy atom. The van der Waals surface area contributed by atoms with Crippen LogP contribution in [0.1, 0.15) is 63.4 Å². The number of aromatic nitrogens is 1. The van der Waals surface area contributed by atoms with E-state index in [1.807, 2.05) is 18.2 Å². The minimum atomic E-state index is -1.01. The van der Waals surface area contributed by atoms with Gasteiger partial charge in [-0.2, -0.15) is 0 Å². The van der Waals surface area contributed by atoms with Crippen LogP contribution in [-0.4, -0.2) is 85.0 Å². The number of amides is 3. The second kappa shape index (κ2) is 13.0. The number of esters is 1. The molecule has 0 radical (unpaired) electrons. The summed E-state index contributed by atoms with van der Waals surface area (Å²) < 4.78 is 15.9. The van der Waals surface area contributed by atoms with Crippen LogP contribution in [-0.2, 0) is 28.7 Å². The molecule has 2 aliphatic heterocycles. The number of nitrogens with one attached hydrogen (secondary N) is 3. The SMILES string of the molecule is COc1cccc2[nH]c(C(=O)N3CC4CCCC4C3C(=O)NC(CC3CCNC3=O)C(=O)COCOC(=O)C(C)(C)C)cc12. The molecule has 1 aliphatic carbocycles. The molecule has 1 saturated carbocycles. The molecule has 12 nitrogen and oxygen atoms in total. The Hall–Kier alpha value is -3.93. The van der Waals surface area contributed by atoms with Crippen LogP contribution in [0.5, 0.6) is 5.75 Å². The highest BCUT2D eigenvalue weighted by Gasteiger charge is 2.50. The van der Waals surface area contributed by atoms with E-state index in [1.165, 1.54) is 0 Å². The van der Waals surface area contributed by atoms with Crippen LogP contribution in [0.25, 0.3) is 10.9 Å². The molecule has 0 bridgehead atoms. The molecule has 5 rings (SSSR count). The predicted octanol–water partition coefficient (Wildman–Crippen LogP) is 2.56. The quantitative estimate of drug-likeness (QED) is 0.199. The first-order valence-corrected chi connectivity index (χ1v) is 15.3. The summed E-state index contributed by atoms with van der Waals surface area (Å²) >= 11 is 0. The lowest BCUT2D eigenvalue weighted by molar-refractivity contribution is -0.167. The van der Waals surface area contributed by atoms with Crippen LogP contribution < -0.4 is 15.4 Å². The molecule has 1 aromatic heterocycles. The number of rotatable bonds is 11. The molecule has 5 atom stereocenters. The number of likely N-dealkylation sites (tertiary alicyclic amines) is 1. The van der Waals surface area contributed by atoms with Gasteiger partial charge in [0.25, 0.3) is 5.91 Å². The zero-order valence-corrected chi connectivity index (χ0v) is 25.8. The summed E-state index contributed by atoms with van der Waals surface area (Å²) in [5, 5.41) is 6.44. The van der Waals surface area contributed by atoms with Crippen molar-refractivity contribution in [1.29, 1.82) is 0 Å². The van der Waals surface area contributed by atoms with Crippen LogP contribution in [0, 0.1) is 23.2 Å². The van der Waals surface area contributed by atoms with Gasteiger partial charge in [0.2, 0.25) is 11.8 Å². The highest BCUT2D eigenvalue weighted by molar-refractivity contribution is 6.02. The fourth-order valence-electron chi connectivity index (χ4n) is 6.66. The Bertz CT molecular complexity index is 1430. The van der Waals surface area contributed by atoms with Crippen molar-refractivity contribution >= 4 is 40.4 Å². The number of fused-ring (bicyclic) bond motifs is 2. The number of aromatic amines is 1. The van der Waals surface area contributed by atoms with E-state index < -0.39 is 54.5 Å². The third-order valence-electron chi connectivity index (χ3n) is 9.01. The number of ketones is 1. The monoisotopic (exact) mass is 610 g/mol. The van der Waals surface area contributed by atoms with E-state index in [0.717, 1.165) is 30.2 Å². The maximum Gasteiger partial charge on any atom is 0.313 e. The lowest BCUT2D eigenvalue weighted by Crippen LogP contribution is -2.53. The smallest absolute Gasteiger partial charge is 0.313 e. The van der Waals surface area contributed by atoms with Gasteiger partial charge in [-0.05, 0) is 76.5 Å². The topological polar surface area (TPSA) is 156 Å². The molecule has 0 spiro atoms. The average Bonchev–Trinajstić information content (AvgIpc) is 3.77. The van der Waals surface area contributed by atoms with E-state index in [4.69, 9.17) is 14.2 Å². The van der Waals surface area contributed by atoms with Crippen LogP contribution in [0.2, 0.25) is 0 Å². The maximum absolute atomic E-state index is 14.0. The van der Waals surface area contributed by atoms with Crippen molar-refractivity contribution in [3.8, 4) is 5.75 Å². The fraction of sp³-hybridized carbons (Fsp3) is 0.594. The molecular formula is C32H42N4O8. The Morgan fingerprint density at radius 1 is 1.14 bits per heavy atom.